The van der Waals surface area contributed by atoms with E-state index in [4.69, 9.17) is 0 Å². The van der Waals surface area contributed by atoms with Crippen molar-refractivity contribution in [3.05, 3.63) is 77.0 Å². The molecule has 1 N–H and O–H groups in total. The first-order valence-corrected chi connectivity index (χ1v) is 7.14. The van der Waals surface area contributed by atoms with E-state index < -0.39 is 11.6 Å². The largest absolute Gasteiger partial charge is 0.354 e. The maximum Gasteiger partial charge on any atom is 0.233 e. The summed E-state index contributed by atoms with van der Waals surface area (Å²) in [6, 6.07) is 15.3. The third-order valence-electron chi connectivity index (χ3n) is 4.20. The molecule has 1 aliphatic rings. The maximum absolute atomic E-state index is 12.0. The second-order valence-corrected chi connectivity index (χ2v) is 5.47. The number of benzene rings is 2. The highest BCUT2D eigenvalue weighted by molar-refractivity contribution is 6.51. The van der Waals surface area contributed by atoms with Gasteiger partial charge in [-0.15, -0.1) is 0 Å². The number of aromatic amines is 1. The van der Waals surface area contributed by atoms with Crippen molar-refractivity contribution in [1.82, 2.24) is 4.98 Å². The molecule has 0 aliphatic heterocycles. The van der Waals surface area contributed by atoms with Gasteiger partial charge in [-0.3, -0.25) is 9.59 Å². The average Bonchev–Trinajstić information content (AvgIpc) is 2.88. The number of hydrogen-bond donors (Lipinski definition) is 1. The molecular formula is C19H13NO2. The van der Waals surface area contributed by atoms with Crippen LogP contribution >= 0.6 is 0 Å². The Morgan fingerprint density at radius 3 is 2.32 bits per heavy atom. The van der Waals surface area contributed by atoms with Crippen molar-refractivity contribution in [2.24, 2.45) is 0 Å². The quantitative estimate of drug-likeness (QED) is 0.694. The van der Waals surface area contributed by atoms with E-state index in [1.54, 1.807) is 12.1 Å². The van der Waals surface area contributed by atoms with E-state index in [1.165, 1.54) is 6.08 Å². The van der Waals surface area contributed by atoms with Crippen LogP contribution in [0.2, 0.25) is 0 Å². The van der Waals surface area contributed by atoms with Crippen LogP contribution in [0.15, 0.2) is 54.6 Å². The van der Waals surface area contributed by atoms with Crippen LogP contribution in [0.3, 0.4) is 0 Å². The van der Waals surface area contributed by atoms with Crippen LogP contribution in [0.1, 0.15) is 27.2 Å². The molecule has 3 heteroatoms. The van der Waals surface area contributed by atoms with Gasteiger partial charge in [0.25, 0.3) is 0 Å². The maximum atomic E-state index is 12.0. The van der Waals surface area contributed by atoms with Crippen LogP contribution in [0.5, 0.6) is 0 Å². The van der Waals surface area contributed by atoms with E-state index in [0.717, 1.165) is 33.3 Å². The first kappa shape index (κ1) is 12.8. The second kappa shape index (κ2) is 4.53. The second-order valence-electron chi connectivity index (χ2n) is 5.47. The van der Waals surface area contributed by atoms with Crippen molar-refractivity contribution in [2.75, 3.05) is 0 Å². The van der Waals surface area contributed by atoms with Crippen LogP contribution in [-0.2, 0) is 4.79 Å². The first-order valence-electron chi connectivity index (χ1n) is 7.14. The average molecular weight is 287 g/mol. The number of rotatable bonds is 1. The number of nitrogens with one attached hydrogen (secondary N) is 1. The van der Waals surface area contributed by atoms with Gasteiger partial charge in [0.1, 0.15) is 0 Å². The lowest BCUT2D eigenvalue weighted by Crippen LogP contribution is -2.19. The number of hydrogen-bond acceptors (Lipinski definition) is 2. The zero-order valence-electron chi connectivity index (χ0n) is 12.0. The SMILES string of the molecule is Cc1c(C2=CC(=O)C(=O)c3ccccc32)[nH]c2ccccc12. The van der Waals surface area contributed by atoms with Crippen molar-refractivity contribution < 1.29 is 9.59 Å². The molecule has 0 atom stereocenters. The van der Waals surface area contributed by atoms with Gasteiger partial charge in [-0.2, -0.15) is 0 Å². The lowest BCUT2D eigenvalue weighted by atomic mass is 9.87. The van der Waals surface area contributed by atoms with Crippen LogP contribution in [-0.4, -0.2) is 16.6 Å². The fraction of sp³-hybridized carbons (Fsp3) is 0.0526. The first-order chi connectivity index (χ1) is 10.7. The summed E-state index contributed by atoms with van der Waals surface area (Å²) in [5.41, 5.74) is 5.07. The number of aryl methyl sites for hydroxylation is 1. The zero-order valence-corrected chi connectivity index (χ0v) is 12.0. The van der Waals surface area contributed by atoms with Crippen molar-refractivity contribution in [2.45, 2.75) is 6.92 Å². The molecular weight excluding hydrogens is 274 g/mol. The Morgan fingerprint density at radius 1 is 0.864 bits per heavy atom. The molecule has 22 heavy (non-hydrogen) atoms. The molecule has 0 saturated carbocycles. The molecule has 2 aromatic carbocycles. The Labute approximate surface area is 127 Å². The van der Waals surface area contributed by atoms with Gasteiger partial charge in [0.05, 0.1) is 5.69 Å². The predicted octanol–water partition coefficient (Wildman–Crippen LogP) is 3.67. The molecule has 1 aromatic heterocycles. The van der Waals surface area contributed by atoms with Gasteiger partial charge in [-0.1, -0.05) is 42.5 Å². The molecule has 0 amide bonds. The Bertz CT molecular complexity index is 976. The van der Waals surface area contributed by atoms with Gasteiger partial charge >= 0.3 is 0 Å². The summed E-state index contributed by atoms with van der Waals surface area (Å²) < 4.78 is 0. The number of H-pyrrole nitrogens is 1. The molecule has 106 valence electrons. The van der Waals surface area contributed by atoms with E-state index in [1.807, 2.05) is 43.3 Å². The molecule has 3 aromatic rings. The van der Waals surface area contributed by atoms with Crippen molar-refractivity contribution in [3.8, 4) is 0 Å². The fourth-order valence-corrected chi connectivity index (χ4v) is 3.08. The lowest BCUT2D eigenvalue weighted by molar-refractivity contribution is -0.111. The molecule has 0 unspecified atom stereocenters. The molecule has 0 fully saturated rings. The topological polar surface area (TPSA) is 49.9 Å². The molecule has 1 aliphatic carbocycles. The number of fused-ring (bicyclic) bond motifs is 2. The summed E-state index contributed by atoms with van der Waals surface area (Å²) in [5, 5.41) is 1.13. The summed E-state index contributed by atoms with van der Waals surface area (Å²) >= 11 is 0. The predicted molar refractivity (Wildman–Crippen MR) is 85.9 cm³/mol. The summed E-state index contributed by atoms with van der Waals surface area (Å²) in [6.45, 7) is 2.03. The lowest BCUT2D eigenvalue weighted by Gasteiger charge is -2.16. The van der Waals surface area contributed by atoms with Crippen LogP contribution in [0.4, 0.5) is 0 Å². The Hall–Kier alpha value is -2.94. The smallest absolute Gasteiger partial charge is 0.233 e. The van der Waals surface area contributed by atoms with Gasteiger partial charge in [-0.05, 0) is 30.2 Å². The number of aromatic nitrogens is 1. The van der Waals surface area contributed by atoms with Crippen LogP contribution in [0, 0.1) is 6.92 Å². The van der Waals surface area contributed by atoms with Crippen LogP contribution < -0.4 is 0 Å². The molecule has 0 spiro atoms. The zero-order chi connectivity index (χ0) is 15.3. The van der Waals surface area contributed by atoms with E-state index >= 15 is 0 Å². The third kappa shape index (κ3) is 1.69. The van der Waals surface area contributed by atoms with Gasteiger partial charge in [0.15, 0.2) is 0 Å². The normalized spacial score (nSPS) is 14.1. The minimum Gasteiger partial charge on any atom is -0.354 e. The number of Topliss-reactive ketones (excluding diaryl/α,β-unsaturated/α-hetero) is 1. The van der Waals surface area contributed by atoms with E-state index in [0.29, 0.717) is 5.56 Å². The summed E-state index contributed by atoms with van der Waals surface area (Å²) in [5.74, 6) is -0.903. The summed E-state index contributed by atoms with van der Waals surface area (Å²) in [7, 11) is 0. The number of para-hydroxylation sites is 1. The number of ketones is 2. The molecule has 0 saturated heterocycles. The monoisotopic (exact) mass is 287 g/mol. The molecule has 0 radical (unpaired) electrons. The standard InChI is InChI=1S/C19H13NO2/c1-11-12-6-4-5-9-16(12)20-18(11)15-10-17(21)19(22)14-8-3-2-7-13(14)15/h2-10,20H,1H3. The van der Waals surface area contributed by atoms with Crippen molar-refractivity contribution >= 4 is 28.0 Å². The third-order valence-corrected chi connectivity index (χ3v) is 4.20. The molecule has 1 heterocycles. The van der Waals surface area contributed by atoms with E-state index in [2.05, 4.69) is 4.98 Å². The number of carbonyl (C=O) groups is 2. The van der Waals surface area contributed by atoms with Crippen molar-refractivity contribution in [3.63, 3.8) is 0 Å². The van der Waals surface area contributed by atoms with Crippen LogP contribution in [0.25, 0.3) is 16.5 Å². The van der Waals surface area contributed by atoms with Gasteiger partial charge < -0.3 is 4.98 Å². The van der Waals surface area contributed by atoms with E-state index in [-0.39, 0.29) is 0 Å². The summed E-state index contributed by atoms with van der Waals surface area (Å²) in [4.78, 5) is 27.5. The highest BCUT2D eigenvalue weighted by Crippen LogP contribution is 2.34. The van der Waals surface area contributed by atoms with Crippen molar-refractivity contribution in [1.29, 1.82) is 0 Å². The van der Waals surface area contributed by atoms with Gasteiger partial charge in [0, 0.05) is 22.0 Å². The highest BCUT2D eigenvalue weighted by atomic mass is 16.2. The fourth-order valence-electron chi connectivity index (χ4n) is 3.08. The minimum atomic E-state index is -0.466. The molecule has 0 bridgehead atoms. The summed E-state index contributed by atoms with van der Waals surface area (Å²) in [6.07, 6.45) is 1.45. The Balaban J connectivity index is 2.02. The molecule has 3 nitrogen and oxygen atoms in total. The minimum absolute atomic E-state index is 0.437. The van der Waals surface area contributed by atoms with E-state index in [9.17, 15) is 9.59 Å². The highest BCUT2D eigenvalue weighted by Gasteiger charge is 2.27. The number of allylic oxidation sites excluding steroid dienone is 1. The van der Waals surface area contributed by atoms with Gasteiger partial charge in [-0.25, -0.2) is 0 Å². The van der Waals surface area contributed by atoms with Gasteiger partial charge in [0.2, 0.25) is 11.6 Å². The number of carbonyl (C=O) groups excluding carboxylic acids is 2. The molecule has 4 rings (SSSR count). The Morgan fingerprint density at radius 2 is 1.55 bits per heavy atom. The Kier molecular flexibility index (Phi) is 2.63.